The van der Waals surface area contributed by atoms with Crippen molar-refractivity contribution in [1.29, 1.82) is 0 Å². The second kappa shape index (κ2) is 5.92. The van der Waals surface area contributed by atoms with Gasteiger partial charge in [-0.15, -0.1) is 0 Å². The highest BCUT2D eigenvalue weighted by molar-refractivity contribution is 6.31. The molecule has 4 nitrogen and oxygen atoms in total. The molecule has 0 amide bonds. The summed E-state index contributed by atoms with van der Waals surface area (Å²) in [4.78, 5) is 20.7. The summed E-state index contributed by atoms with van der Waals surface area (Å²) < 4.78 is 0. The molecule has 0 spiro atoms. The third-order valence-electron chi connectivity index (χ3n) is 1.87. The SMILES string of the molecule is O=C(O)CC#Cc1ccc(CC(=O)O)c(Cl)c1. The third kappa shape index (κ3) is 4.58. The van der Waals surface area contributed by atoms with Crippen molar-refractivity contribution in [1.82, 2.24) is 0 Å². The maximum atomic E-state index is 10.5. The van der Waals surface area contributed by atoms with E-state index in [1.807, 2.05) is 0 Å². The first kappa shape index (κ1) is 13.1. The van der Waals surface area contributed by atoms with Crippen molar-refractivity contribution in [3.05, 3.63) is 34.3 Å². The zero-order chi connectivity index (χ0) is 12.8. The molecule has 0 bridgehead atoms. The number of halogens is 1. The first-order valence-corrected chi connectivity index (χ1v) is 5.07. The van der Waals surface area contributed by atoms with Gasteiger partial charge in [-0.1, -0.05) is 29.5 Å². The molecule has 1 rings (SSSR count). The second-order valence-electron chi connectivity index (χ2n) is 3.25. The lowest BCUT2D eigenvalue weighted by Gasteiger charge is -2.01. The summed E-state index contributed by atoms with van der Waals surface area (Å²) in [5, 5.41) is 17.3. The molecule has 0 unspecified atom stereocenters. The smallest absolute Gasteiger partial charge is 0.315 e. The number of benzene rings is 1. The molecular weight excluding hydrogens is 244 g/mol. The number of carboxylic acids is 2. The lowest BCUT2D eigenvalue weighted by Crippen LogP contribution is -2.00. The van der Waals surface area contributed by atoms with Crippen molar-refractivity contribution < 1.29 is 19.8 Å². The van der Waals surface area contributed by atoms with Crippen molar-refractivity contribution in [2.75, 3.05) is 0 Å². The molecule has 0 aliphatic heterocycles. The van der Waals surface area contributed by atoms with Gasteiger partial charge in [-0.2, -0.15) is 0 Å². The largest absolute Gasteiger partial charge is 0.481 e. The van der Waals surface area contributed by atoms with Gasteiger partial charge in [0, 0.05) is 10.6 Å². The van der Waals surface area contributed by atoms with E-state index in [9.17, 15) is 9.59 Å². The Hall–Kier alpha value is -1.99. The van der Waals surface area contributed by atoms with E-state index >= 15 is 0 Å². The molecule has 17 heavy (non-hydrogen) atoms. The number of hydrogen-bond donors (Lipinski definition) is 2. The van der Waals surface area contributed by atoms with Gasteiger partial charge < -0.3 is 10.2 Å². The van der Waals surface area contributed by atoms with E-state index in [1.165, 1.54) is 6.07 Å². The molecule has 1 aromatic rings. The normalized spacial score (nSPS) is 9.24. The highest BCUT2D eigenvalue weighted by Gasteiger charge is 2.05. The van der Waals surface area contributed by atoms with E-state index in [4.69, 9.17) is 21.8 Å². The van der Waals surface area contributed by atoms with Crippen LogP contribution >= 0.6 is 11.6 Å². The van der Waals surface area contributed by atoms with Crippen LogP contribution < -0.4 is 0 Å². The Bertz CT molecular complexity index is 511. The molecular formula is C12H9ClO4. The minimum absolute atomic E-state index is 0.151. The van der Waals surface area contributed by atoms with Gasteiger partial charge in [0.05, 0.1) is 6.42 Å². The summed E-state index contributed by atoms with van der Waals surface area (Å²) >= 11 is 5.87. The monoisotopic (exact) mass is 252 g/mol. The van der Waals surface area contributed by atoms with Crippen LogP contribution in [0, 0.1) is 11.8 Å². The van der Waals surface area contributed by atoms with Gasteiger partial charge in [-0.25, -0.2) is 0 Å². The van der Waals surface area contributed by atoms with Crippen LogP contribution in [0.25, 0.3) is 0 Å². The van der Waals surface area contributed by atoms with Crippen LogP contribution in [0.4, 0.5) is 0 Å². The molecule has 0 aromatic heterocycles. The quantitative estimate of drug-likeness (QED) is 0.805. The van der Waals surface area contributed by atoms with E-state index in [1.54, 1.807) is 12.1 Å². The average molecular weight is 253 g/mol. The van der Waals surface area contributed by atoms with Crippen LogP contribution in [0.3, 0.4) is 0 Å². The molecule has 0 atom stereocenters. The maximum Gasteiger partial charge on any atom is 0.315 e. The predicted octanol–water partition coefficient (Wildman–Crippen LogP) is 1.79. The van der Waals surface area contributed by atoms with Crippen LogP contribution in [-0.4, -0.2) is 22.2 Å². The highest BCUT2D eigenvalue weighted by Crippen LogP contribution is 2.18. The summed E-state index contributed by atoms with van der Waals surface area (Å²) in [5.74, 6) is 3.14. The zero-order valence-corrected chi connectivity index (χ0v) is 9.49. The molecule has 0 radical (unpaired) electrons. The molecule has 0 saturated carbocycles. The van der Waals surface area contributed by atoms with E-state index in [0.29, 0.717) is 16.1 Å². The van der Waals surface area contributed by atoms with Crippen LogP contribution in [0.1, 0.15) is 17.5 Å². The number of aliphatic carboxylic acids is 2. The van der Waals surface area contributed by atoms with Crippen molar-refractivity contribution in [2.24, 2.45) is 0 Å². The van der Waals surface area contributed by atoms with Crippen molar-refractivity contribution in [3.8, 4) is 11.8 Å². The molecule has 5 heteroatoms. The summed E-state index contributed by atoms with van der Waals surface area (Å²) in [6, 6.07) is 4.70. The van der Waals surface area contributed by atoms with E-state index in [0.717, 1.165) is 0 Å². The number of carboxylic acid groups (broad SMARTS) is 2. The number of rotatable bonds is 3. The van der Waals surface area contributed by atoms with Gasteiger partial charge in [0.2, 0.25) is 0 Å². The maximum absolute atomic E-state index is 10.5. The molecule has 0 aliphatic rings. The molecule has 0 fully saturated rings. The Balaban J connectivity index is 2.84. The Kier molecular flexibility index (Phi) is 4.56. The fourth-order valence-electron chi connectivity index (χ4n) is 1.15. The molecule has 88 valence electrons. The zero-order valence-electron chi connectivity index (χ0n) is 8.74. The Labute approximate surface area is 103 Å². The third-order valence-corrected chi connectivity index (χ3v) is 2.22. The minimum atomic E-state index is -0.994. The Morgan fingerprint density at radius 3 is 2.47 bits per heavy atom. The predicted molar refractivity (Wildman–Crippen MR) is 61.9 cm³/mol. The second-order valence-corrected chi connectivity index (χ2v) is 3.66. The van der Waals surface area contributed by atoms with Crippen LogP contribution in [0.2, 0.25) is 5.02 Å². The minimum Gasteiger partial charge on any atom is -0.481 e. The van der Waals surface area contributed by atoms with Gasteiger partial charge in [0.1, 0.15) is 6.42 Å². The van der Waals surface area contributed by atoms with Crippen LogP contribution in [0.5, 0.6) is 0 Å². The van der Waals surface area contributed by atoms with Gasteiger partial charge in [0.15, 0.2) is 0 Å². The van der Waals surface area contributed by atoms with Crippen LogP contribution in [0.15, 0.2) is 18.2 Å². The fraction of sp³-hybridized carbons (Fsp3) is 0.167. The van der Waals surface area contributed by atoms with E-state index < -0.39 is 11.9 Å². The summed E-state index contributed by atoms with van der Waals surface area (Å²) in [5.41, 5.74) is 1.06. The summed E-state index contributed by atoms with van der Waals surface area (Å²) in [7, 11) is 0. The van der Waals surface area contributed by atoms with Gasteiger partial charge in [-0.05, 0) is 17.7 Å². The van der Waals surface area contributed by atoms with Gasteiger partial charge >= 0.3 is 11.9 Å². The topological polar surface area (TPSA) is 74.6 Å². The Morgan fingerprint density at radius 1 is 1.24 bits per heavy atom. The first-order chi connectivity index (χ1) is 7.99. The molecule has 0 heterocycles. The van der Waals surface area contributed by atoms with Crippen molar-refractivity contribution in [2.45, 2.75) is 12.8 Å². The van der Waals surface area contributed by atoms with E-state index in [2.05, 4.69) is 11.8 Å². The lowest BCUT2D eigenvalue weighted by atomic mass is 10.1. The molecule has 0 aliphatic carbocycles. The fourth-order valence-corrected chi connectivity index (χ4v) is 1.40. The first-order valence-electron chi connectivity index (χ1n) is 4.70. The summed E-state index contributed by atoms with van der Waals surface area (Å²) in [6.07, 6.45) is -0.393. The van der Waals surface area contributed by atoms with Crippen molar-refractivity contribution in [3.63, 3.8) is 0 Å². The van der Waals surface area contributed by atoms with Gasteiger partial charge in [-0.3, -0.25) is 9.59 Å². The standard InChI is InChI=1S/C12H9ClO4/c13-10-6-8(2-1-3-11(14)15)4-5-9(10)7-12(16)17/h4-6H,3,7H2,(H,14,15)(H,16,17). The summed E-state index contributed by atoms with van der Waals surface area (Å²) in [6.45, 7) is 0. The molecule has 1 aromatic carbocycles. The average Bonchev–Trinajstić information content (AvgIpc) is 2.21. The number of carbonyl (C=O) groups is 2. The van der Waals surface area contributed by atoms with Crippen LogP contribution in [-0.2, 0) is 16.0 Å². The number of hydrogen-bond acceptors (Lipinski definition) is 2. The Morgan fingerprint density at radius 2 is 1.94 bits per heavy atom. The van der Waals surface area contributed by atoms with Gasteiger partial charge in [0.25, 0.3) is 0 Å². The highest BCUT2D eigenvalue weighted by atomic mass is 35.5. The lowest BCUT2D eigenvalue weighted by molar-refractivity contribution is -0.137. The molecule has 2 N–H and O–H groups in total. The van der Waals surface area contributed by atoms with Crippen molar-refractivity contribution >= 4 is 23.5 Å². The van der Waals surface area contributed by atoms with E-state index in [-0.39, 0.29) is 12.8 Å². The molecule has 0 saturated heterocycles.